The van der Waals surface area contributed by atoms with Crippen LogP contribution >= 0.6 is 0 Å². The van der Waals surface area contributed by atoms with Gasteiger partial charge in [0.2, 0.25) is 5.91 Å². The maximum Gasteiger partial charge on any atom is 0.418 e. The van der Waals surface area contributed by atoms with Crippen molar-refractivity contribution in [2.24, 2.45) is 0 Å². The number of amides is 2. The molecule has 1 aliphatic rings. The molecule has 0 unspecified atom stereocenters. The molecule has 2 heterocycles. The zero-order valence-corrected chi connectivity index (χ0v) is 22.6. The summed E-state index contributed by atoms with van der Waals surface area (Å²) in [5, 5.41) is 12.4. The van der Waals surface area contributed by atoms with E-state index in [-0.39, 0.29) is 48.9 Å². The lowest BCUT2D eigenvalue weighted by Gasteiger charge is -2.32. The summed E-state index contributed by atoms with van der Waals surface area (Å²) in [6.07, 6.45) is -3.46. The second-order valence-corrected chi connectivity index (χ2v) is 10.2. The maximum absolute atomic E-state index is 14.2. The Morgan fingerprint density at radius 3 is 2.32 bits per heavy atom. The number of rotatable bonds is 7. The number of para-hydroxylation sites is 1. The molecule has 41 heavy (non-hydrogen) atoms. The fourth-order valence-corrected chi connectivity index (χ4v) is 4.18. The molecule has 14 heteroatoms. The second-order valence-electron chi connectivity index (χ2n) is 10.2. The minimum absolute atomic E-state index is 0.127. The van der Waals surface area contributed by atoms with E-state index < -0.39 is 41.5 Å². The van der Waals surface area contributed by atoms with Crippen LogP contribution in [0.4, 0.5) is 35.0 Å². The fraction of sp³-hybridized carbons (Fsp3) is 0.370. The quantitative estimate of drug-likeness (QED) is 0.308. The van der Waals surface area contributed by atoms with Crippen molar-refractivity contribution in [3.8, 4) is 5.69 Å². The highest BCUT2D eigenvalue weighted by Gasteiger charge is 2.37. The molecule has 1 fully saturated rings. The number of benzene rings is 2. The van der Waals surface area contributed by atoms with Crippen molar-refractivity contribution in [3.63, 3.8) is 0 Å². The Kier molecular flexibility index (Phi) is 8.61. The molecular formula is C27H29F3N6O5. The van der Waals surface area contributed by atoms with E-state index in [1.807, 2.05) is 0 Å². The zero-order valence-electron chi connectivity index (χ0n) is 22.6. The van der Waals surface area contributed by atoms with Crippen LogP contribution in [0.15, 0.2) is 48.8 Å². The summed E-state index contributed by atoms with van der Waals surface area (Å²) in [5.74, 6) is -1.49. The van der Waals surface area contributed by atoms with E-state index >= 15 is 0 Å². The average molecular weight is 575 g/mol. The Morgan fingerprint density at radius 1 is 1.00 bits per heavy atom. The Bertz CT molecular complexity index is 1410. The highest BCUT2D eigenvalue weighted by molar-refractivity contribution is 6.13. The molecule has 0 spiro atoms. The monoisotopic (exact) mass is 574 g/mol. The number of hydrogen-bond acceptors (Lipinski definition) is 8. The van der Waals surface area contributed by atoms with Gasteiger partial charge in [0.05, 0.1) is 60.3 Å². The van der Waals surface area contributed by atoms with Gasteiger partial charge in [0.1, 0.15) is 5.60 Å². The van der Waals surface area contributed by atoms with E-state index in [0.717, 1.165) is 12.1 Å². The summed E-state index contributed by atoms with van der Waals surface area (Å²) >= 11 is 0. The van der Waals surface area contributed by atoms with Crippen molar-refractivity contribution < 1.29 is 37.0 Å². The lowest BCUT2D eigenvalue weighted by Crippen LogP contribution is -2.37. The summed E-state index contributed by atoms with van der Waals surface area (Å²) in [7, 11) is 0. The Balaban J connectivity index is 1.66. The number of ketones is 1. The van der Waals surface area contributed by atoms with Crippen molar-refractivity contribution in [2.75, 3.05) is 41.8 Å². The molecule has 2 N–H and O–H groups in total. The lowest BCUT2D eigenvalue weighted by atomic mass is 10.0. The van der Waals surface area contributed by atoms with Crippen molar-refractivity contribution in [1.82, 2.24) is 15.0 Å². The number of nitrogens with one attached hydrogen (secondary N) is 2. The first kappa shape index (κ1) is 29.5. The SMILES string of the molecule is CC(C)(C)OC(=O)Nc1cc(N2CCOCC2)c(C(F)(F)F)cc1NC(=O)CC(=O)c1ccccc1-n1ccnn1. The molecule has 0 saturated carbocycles. The molecule has 0 aliphatic carbocycles. The van der Waals surface area contributed by atoms with Crippen LogP contribution in [0.1, 0.15) is 43.1 Å². The Hall–Kier alpha value is -4.46. The third-order valence-corrected chi connectivity index (χ3v) is 5.90. The number of aromatic nitrogens is 3. The van der Waals surface area contributed by atoms with Gasteiger partial charge in [-0.1, -0.05) is 17.3 Å². The van der Waals surface area contributed by atoms with Crippen molar-refractivity contribution in [3.05, 3.63) is 59.9 Å². The largest absolute Gasteiger partial charge is 0.444 e. The number of carbonyl (C=O) groups is 3. The predicted octanol–water partition coefficient (Wildman–Crippen LogP) is 4.68. The predicted molar refractivity (Wildman–Crippen MR) is 143 cm³/mol. The summed E-state index contributed by atoms with van der Waals surface area (Å²) < 4.78 is 54.5. The molecule has 11 nitrogen and oxygen atoms in total. The minimum Gasteiger partial charge on any atom is -0.444 e. The van der Waals surface area contributed by atoms with Gasteiger partial charge in [0.15, 0.2) is 5.78 Å². The van der Waals surface area contributed by atoms with Crippen LogP contribution < -0.4 is 15.5 Å². The van der Waals surface area contributed by atoms with Crippen LogP contribution in [-0.2, 0) is 20.4 Å². The number of nitrogens with zero attached hydrogens (tertiary/aromatic N) is 4. The van der Waals surface area contributed by atoms with Gasteiger partial charge in [0, 0.05) is 18.7 Å². The van der Waals surface area contributed by atoms with Gasteiger partial charge in [-0.3, -0.25) is 14.9 Å². The molecule has 0 bridgehead atoms. The second kappa shape index (κ2) is 12.0. The average Bonchev–Trinajstić information content (AvgIpc) is 3.43. The number of morpholine rings is 1. The third-order valence-electron chi connectivity index (χ3n) is 5.90. The van der Waals surface area contributed by atoms with Crippen LogP contribution in [0.3, 0.4) is 0 Å². The third kappa shape index (κ3) is 7.60. The minimum atomic E-state index is -4.79. The summed E-state index contributed by atoms with van der Waals surface area (Å²) in [6.45, 7) is 5.73. The topological polar surface area (TPSA) is 128 Å². The van der Waals surface area contributed by atoms with Crippen LogP contribution in [-0.4, -0.2) is 64.7 Å². The van der Waals surface area contributed by atoms with E-state index in [0.29, 0.717) is 5.69 Å². The van der Waals surface area contributed by atoms with E-state index in [1.54, 1.807) is 39.0 Å². The standard InChI is InChI=1S/C27H29F3N6O5/c1-26(2,3)41-25(39)33-20-15-22(35-10-12-40-13-11-35)18(27(28,29)30)14-19(20)32-24(38)16-23(37)17-6-4-5-7-21(17)36-9-8-31-34-36/h4-9,14-15H,10-13,16H2,1-3H3,(H,32,38)(H,33,39). The molecule has 0 radical (unpaired) electrons. The van der Waals surface area contributed by atoms with E-state index in [2.05, 4.69) is 20.9 Å². The summed E-state index contributed by atoms with van der Waals surface area (Å²) in [4.78, 5) is 40.1. The number of carbonyl (C=O) groups excluding carboxylic acids is 3. The number of hydrogen-bond donors (Lipinski definition) is 2. The van der Waals surface area contributed by atoms with Crippen molar-refractivity contribution in [1.29, 1.82) is 0 Å². The molecule has 3 aromatic rings. The fourth-order valence-electron chi connectivity index (χ4n) is 4.18. The molecule has 0 atom stereocenters. The van der Waals surface area contributed by atoms with Gasteiger partial charge in [-0.2, -0.15) is 13.2 Å². The maximum atomic E-state index is 14.2. The smallest absolute Gasteiger partial charge is 0.418 e. The Labute approximate surface area is 233 Å². The van der Waals surface area contributed by atoms with E-state index in [4.69, 9.17) is 9.47 Å². The number of ether oxygens (including phenoxy) is 2. The van der Waals surface area contributed by atoms with Crippen LogP contribution in [0.5, 0.6) is 0 Å². The first-order valence-electron chi connectivity index (χ1n) is 12.7. The van der Waals surface area contributed by atoms with E-state index in [9.17, 15) is 27.6 Å². The first-order valence-corrected chi connectivity index (χ1v) is 12.7. The molecule has 2 amide bonds. The molecule has 1 aliphatic heterocycles. The number of anilines is 3. The van der Waals surface area contributed by atoms with Gasteiger partial charge in [-0.05, 0) is 45.0 Å². The molecule has 1 saturated heterocycles. The number of alkyl halides is 3. The van der Waals surface area contributed by atoms with Crippen LogP contribution in [0.25, 0.3) is 5.69 Å². The lowest BCUT2D eigenvalue weighted by molar-refractivity contribution is -0.137. The van der Waals surface area contributed by atoms with Crippen molar-refractivity contribution in [2.45, 2.75) is 39.0 Å². The molecule has 1 aromatic heterocycles. The van der Waals surface area contributed by atoms with E-state index in [1.165, 1.54) is 28.0 Å². The first-order chi connectivity index (χ1) is 19.3. The van der Waals surface area contributed by atoms with Gasteiger partial charge in [-0.25, -0.2) is 9.48 Å². The summed E-state index contributed by atoms with van der Waals surface area (Å²) in [5.41, 5.74) is -2.03. The van der Waals surface area contributed by atoms with Crippen LogP contribution in [0.2, 0.25) is 0 Å². The van der Waals surface area contributed by atoms with Gasteiger partial charge < -0.3 is 19.7 Å². The normalized spacial score (nSPS) is 14.0. The molecule has 4 rings (SSSR count). The van der Waals surface area contributed by atoms with Gasteiger partial charge in [-0.15, -0.1) is 5.10 Å². The van der Waals surface area contributed by atoms with Gasteiger partial charge in [0.25, 0.3) is 0 Å². The van der Waals surface area contributed by atoms with Gasteiger partial charge >= 0.3 is 12.3 Å². The highest BCUT2D eigenvalue weighted by Crippen LogP contribution is 2.42. The van der Waals surface area contributed by atoms with Crippen LogP contribution in [0, 0.1) is 0 Å². The number of Topliss-reactive ketones (excluding diaryl/α,β-unsaturated/α-hetero) is 1. The number of halogens is 3. The summed E-state index contributed by atoms with van der Waals surface area (Å²) in [6, 6.07) is 8.27. The molecule has 218 valence electrons. The molecule has 2 aromatic carbocycles. The molecular weight excluding hydrogens is 545 g/mol. The highest BCUT2D eigenvalue weighted by atomic mass is 19.4. The van der Waals surface area contributed by atoms with Crippen molar-refractivity contribution >= 4 is 34.8 Å². The zero-order chi connectivity index (χ0) is 29.8. The Morgan fingerprint density at radius 2 is 1.68 bits per heavy atom.